The third kappa shape index (κ3) is 4.07. The summed E-state index contributed by atoms with van der Waals surface area (Å²) in [6, 6.07) is 4.15. The van der Waals surface area contributed by atoms with E-state index in [2.05, 4.69) is 16.6 Å². The Hall–Kier alpha value is -2.06. The molecular weight excluding hydrogens is 258 g/mol. The van der Waals surface area contributed by atoms with Crippen LogP contribution in [0.1, 0.15) is 18.4 Å². The molecule has 1 aromatic rings. The fourth-order valence-electron chi connectivity index (χ4n) is 1.19. The SMILES string of the molecule is COC(=O)CCC#Cc1cc(Cl)ccc1[N+](=O)[O-]. The van der Waals surface area contributed by atoms with E-state index in [4.69, 9.17) is 11.6 Å². The predicted molar refractivity (Wildman–Crippen MR) is 66.2 cm³/mol. The van der Waals surface area contributed by atoms with E-state index in [-0.39, 0.29) is 30.1 Å². The number of ether oxygens (including phenoxy) is 1. The van der Waals surface area contributed by atoms with Crippen molar-refractivity contribution in [2.45, 2.75) is 12.8 Å². The summed E-state index contributed by atoms with van der Waals surface area (Å²) >= 11 is 5.74. The van der Waals surface area contributed by atoms with Crippen molar-refractivity contribution in [1.82, 2.24) is 0 Å². The molecule has 0 radical (unpaired) electrons. The number of carbonyl (C=O) groups excluding carboxylic acids is 1. The standard InChI is InChI=1S/C12H10ClNO4/c1-18-12(15)5-3-2-4-9-8-10(13)6-7-11(9)14(16)17/h6-8H,3,5H2,1H3. The maximum atomic E-state index is 10.8. The average molecular weight is 268 g/mol. The summed E-state index contributed by atoms with van der Waals surface area (Å²) in [4.78, 5) is 21.0. The maximum absolute atomic E-state index is 10.8. The summed E-state index contributed by atoms with van der Waals surface area (Å²) in [5.41, 5.74) is 0.127. The summed E-state index contributed by atoms with van der Waals surface area (Å²) in [5, 5.41) is 11.1. The predicted octanol–water partition coefficient (Wildman–Crippen LogP) is 2.55. The Morgan fingerprint density at radius 3 is 2.89 bits per heavy atom. The van der Waals surface area contributed by atoms with E-state index in [0.717, 1.165) is 0 Å². The van der Waals surface area contributed by atoms with Crippen LogP contribution in [0.15, 0.2) is 18.2 Å². The number of esters is 1. The summed E-state index contributed by atoms with van der Waals surface area (Å²) < 4.78 is 4.45. The highest BCUT2D eigenvalue weighted by Gasteiger charge is 2.11. The minimum Gasteiger partial charge on any atom is -0.469 e. The molecule has 0 unspecified atom stereocenters. The topological polar surface area (TPSA) is 69.4 Å². The molecule has 5 nitrogen and oxygen atoms in total. The van der Waals surface area contributed by atoms with Crippen LogP contribution < -0.4 is 0 Å². The van der Waals surface area contributed by atoms with Gasteiger partial charge in [0.15, 0.2) is 0 Å². The van der Waals surface area contributed by atoms with E-state index in [1.807, 2.05) is 0 Å². The molecule has 0 spiro atoms. The molecule has 1 aromatic carbocycles. The Morgan fingerprint density at radius 2 is 2.28 bits per heavy atom. The first-order chi connectivity index (χ1) is 8.54. The van der Waals surface area contributed by atoms with E-state index in [1.165, 1.54) is 25.3 Å². The van der Waals surface area contributed by atoms with E-state index in [1.54, 1.807) is 0 Å². The molecule has 18 heavy (non-hydrogen) atoms. The Kier molecular flexibility index (Phi) is 5.15. The van der Waals surface area contributed by atoms with E-state index >= 15 is 0 Å². The van der Waals surface area contributed by atoms with Crippen molar-refractivity contribution < 1.29 is 14.5 Å². The van der Waals surface area contributed by atoms with Crippen LogP contribution in [-0.2, 0) is 9.53 Å². The van der Waals surface area contributed by atoms with Crippen LogP contribution >= 0.6 is 11.6 Å². The van der Waals surface area contributed by atoms with Crippen molar-refractivity contribution >= 4 is 23.3 Å². The lowest BCUT2D eigenvalue weighted by Crippen LogP contribution is -1.98. The van der Waals surface area contributed by atoms with Gasteiger partial charge in [-0.05, 0) is 12.1 Å². The van der Waals surface area contributed by atoms with Crippen molar-refractivity contribution in [2.24, 2.45) is 0 Å². The molecule has 0 atom stereocenters. The van der Waals surface area contributed by atoms with E-state index in [0.29, 0.717) is 5.02 Å². The molecule has 0 aromatic heterocycles. The van der Waals surface area contributed by atoms with Crippen molar-refractivity contribution in [3.8, 4) is 11.8 Å². The first-order valence-electron chi connectivity index (χ1n) is 5.04. The highest BCUT2D eigenvalue weighted by molar-refractivity contribution is 6.30. The quantitative estimate of drug-likeness (QED) is 0.365. The number of halogens is 1. The Bertz CT molecular complexity index is 531. The van der Waals surface area contributed by atoms with Gasteiger partial charge in [0, 0.05) is 17.5 Å². The lowest BCUT2D eigenvalue weighted by molar-refractivity contribution is -0.385. The monoisotopic (exact) mass is 267 g/mol. The van der Waals surface area contributed by atoms with Gasteiger partial charge in [-0.1, -0.05) is 23.4 Å². The zero-order chi connectivity index (χ0) is 13.5. The van der Waals surface area contributed by atoms with Gasteiger partial charge in [0.25, 0.3) is 5.69 Å². The number of benzene rings is 1. The van der Waals surface area contributed by atoms with E-state index < -0.39 is 4.92 Å². The Balaban J connectivity index is 2.83. The zero-order valence-electron chi connectivity index (χ0n) is 9.60. The van der Waals surface area contributed by atoms with Gasteiger partial charge in [-0.25, -0.2) is 0 Å². The molecule has 0 saturated carbocycles. The van der Waals surface area contributed by atoms with Crippen molar-refractivity contribution in [3.63, 3.8) is 0 Å². The number of hydrogen-bond acceptors (Lipinski definition) is 4. The van der Waals surface area contributed by atoms with Gasteiger partial charge < -0.3 is 4.74 Å². The number of nitrogens with zero attached hydrogens (tertiary/aromatic N) is 1. The van der Waals surface area contributed by atoms with E-state index in [9.17, 15) is 14.9 Å². The first kappa shape index (κ1) is 14.0. The molecule has 1 rings (SSSR count). The average Bonchev–Trinajstić information content (AvgIpc) is 2.34. The molecule has 0 N–H and O–H groups in total. The molecule has 0 aliphatic heterocycles. The second-order valence-electron chi connectivity index (χ2n) is 3.30. The number of methoxy groups -OCH3 is 1. The van der Waals surface area contributed by atoms with Gasteiger partial charge >= 0.3 is 5.97 Å². The molecular formula is C12H10ClNO4. The van der Waals surface area contributed by atoms with Crippen LogP contribution in [0.25, 0.3) is 0 Å². The minimum absolute atomic E-state index is 0.107. The molecule has 0 amide bonds. The molecule has 0 saturated heterocycles. The number of nitro groups is 1. The van der Waals surface area contributed by atoms with Gasteiger partial charge in [0.05, 0.1) is 18.5 Å². The smallest absolute Gasteiger partial charge is 0.306 e. The van der Waals surface area contributed by atoms with Crippen LogP contribution in [0.4, 0.5) is 5.69 Å². The number of nitro benzene ring substituents is 1. The molecule has 0 aliphatic carbocycles. The highest BCUT2D eigenvalue weighted by Crippen LogP contribution is 2.21. The fraction of sp³-hybridized carbons (Fsp3) is 0.250. The summed E-state index contributed by atoms with van der Waals surface area (Å²) in [6.07, 6.45) is 0.425. The normalized spacial score (nSPS) is 9.22. The molecule has 0 aliphatic rings. The molecule has 0 bridgehead atoms. The summed E-state index contributed by atoms with van der Waals surface area (Å²) in [7, 11) is 1.29. The fourth-order valence-corrected chi connectivity index (χ4v) is 1.36. The van der Waals surface area contributed by atoms with Gasteiger partial charge in [0.1, 0.15) is 5.56 Å². The summed E-state index contributed by atoms with van der Waals surface area (Å²) in [6.45, 7) is 0. The van der Waals surface area contributed by atoms with Gasteiger partial charge in [-0.3, -0.25) is 14.9 Å². The van der Waals surface area contributed by atoms with Crippen LogP contribution in [0.5, 0.6) is 0 Å². The molecule has 6 heteroatoms. The highest BCUT2D eigenvalue weighted by atomic mass is 35.5. The molecule has 94 valence electrons. The lowest BCUT2D eigenvalue weighted by atomic mass is 10.2. The van der Waals surface area contributed by atoms with Gasteiger partial charge in [-0.2, -0.15) is 0 Å². The lowest BCUT2D eigenvalue weighted by Gasteiger charge is -1.96. The number of hydrogen-bond donors (Lipinski definition) is 0. The number of carbonyl (C=O) groups is 1. The van der Waals surface area contributed by atoms with Crippen molar-refractivity contribution in [2.75, 3.05) is 7.11 Å². The first-order valence-corrected chi connectivity index (χ1v) is 5.42. The second-order valence-corrected chi connectivity index (χ2v) is 3.73. The second kappa shape index (κ2) is 6.62. The molecule has 0 heterocycles. The summed E-state index contributed by atoms with van der Waals surface area (Å²) in [5.74, 6) is 4.94. The van der Waals surface area contributed by atoms with Crippen molar-refractivity contribution in [3.05, 3.63) is 38.9 Å². The largest absolute Gasteiger partial charge is 0.469 e. The van der Waals surface area contributed by atoms with Crippen LogP contribution in [0.2, 0.25) is 5.02 Å². The van der Waals surface area contributed by atoms with Gasteiger partial charge in [-0.15, -0.1) is 0 Å². The number of rotatable bonds is 3. The maximum Gasteiger partial charge on any atom is 0.306 e. The van der Waals surface area contributed by atoms with Crippen LogP contribution in [0.3, 0.4) is 0 Å². The van der Waals surface area contributed by atoms with Crippen molar-refractivity contribution in [1.29, 1.82) is 0 Å². The Labute approximate surface area is 109 Å². The molecule has 0 fully saturated rings. The minimum atomic E-state index is -0.527. The van der Waals surface area contributed by atoms with Crippen LogP contribution in [0, 0.1) is 22.0 Å². The zero-order valence-corrected chi connectivity index (χ0v) is 10.4. The third-order valence-corrected chi connectivity index (χ3v) is 2.30. The van der Waals surface area contributed by atoms with Gasteiger partial charge in [0.2, 0.25) is 0 Å². The third-order valence-electron chi connectivity index (χ3n) is 2.06. The van der Waals surface area contributed by atoms with Crippen LogP contribution in [-0.4, -0.2) is 18.0 Å². The Morgan fingerprint density at radius 1 is 1.56 bits per heavy atom.